The summed E-state index contributed by atoms with van der Waals surface area (Å²) in [6.45, 7) is 1.93. The summed E-state index contributed by atoms with van der Waals surface area (Å²) < 4.78 is 0. The van der Waals surface area contributed by atoms with Gasteiger partial charge in [-0.1, -0.05) is 37.3 Å². The van der Waals surface area contributed by atoms with Crippen molar-refractivity contribution in [2.45, 2.75) is 13.3 Å². The molecular weight excluding hydrogens is 180 g/mol. The van der Waals surface area contributed by atoms with Gasteiger partial charge in [0.15, 0.2) is 0 Å². The summed E-state index contributed by atoms with van der Waals surface area (Å²) in [5, 5.41) is 12.2. The highest BCUT2D eigenvalue weighted by molar-refractivity contribution is 6.00. The van der Waals surface area contributed by atoms with Crippen LogP contribution in [-0.4, -0.2) is 16.9 Å². The lowest BCUT2D eigenvalue weighted by molar-refractivity contribution is 0.195. The van der Waals surface area contributed by atoms with Gasteiger partial charge in [-0.2, -0.15) is 5.10 Å². The van der Waals surface area contributed by atoms with E-state index in [4.69, 9.17) is 5.11 Å². The van der Waals surface area contributed by atoms with Crippen LogP contribution in [0.5, 0.6) is 0 Å². The van der Waals surface area contributed by atoms with Crippen molar-refractivity contribution in [3.8, 4) is 0 Å². The number of nitrogens with one attached hydrogen (secondary N) is 1. The second-order valence-corrected chi connectivity index (χ2v) is 2.70. The molecule has 4 heteroatoms. The zero-order valence-corrected chi connectivity index (χ0v) is 7.90. The van der Waals surface area contributed by atoms with Gasteiger partial charge in [0.05, 0.1) is 5.71 Å². The Morgan fingerprint density at radius 2 is 2.07 bits per heavy atom. The lowest BCUT2D eigenvalue weighted by atomic mass is 10.1. The Labute approximate surface area is 82.3 Å². The largest absolute Gasteiger partial charge is 0.464 e. The highest BCUT2D eigenvalue weighted by Crippen LogP contribution is 2.03. The summed E-state index contributed by atoms with van der Waals surface area (Å²) in [6.07, 6.45) is -0.462. The smallest absolute Gasteiger partial charge is 0.425 e. The number of rotatable bonds is 3. The van der Waals surface area contributed by atoms with Gasteiger partial charge in [-0.05, 0) is 12.0 Å². The van der Waals surface area contributed by atoms with E-state index in [1.165, 1.54) is 0 Å². The highest BCUT2D eigenvalue weighted by Gasteiger charge is 2.00. The molecule has 0 saturated carbocycles. The van der Waals surface area contributed by atoms with E-state index >= 15 is 0 Å². The summed E-state index contributed by atoms with van der Waals surface area (Å²) in [5.74, 6) is 0. The van der Waals surface area contributed by atoms with Crippen LogP contribution in [0.3, 0.4) is 0 Å². The maximum Gasteiger partial charge on any atom is 0.425 e. The molecule has 0 aliphatic rings. The van der Waals surface area contributed by atoms with E-state index in [9.17, 15) is 4.79 Å². The number of carbonyl (C=O) groups is 1. The summed E-state index contributed by atoms with van der Waals surface area (Å²) in [6, 6.07) is 9.47. The van der Waals surface area contributed by atoms with Crippen LogP contribution >= 0.6 is 0 Å². The standard InChI is InChI=1S/C10H12N2O2/c1-2-9(11-12-10(13)14)8-6-4-3-5-7-8/h3-7,12H,2H2,1H3,(H,13,14). The van der Waals surface area contributed by atoms with Gasteiger partial charge in [0.2, 0.25) is 0 Å². The van der Waals surface area contributed by atoms with Crippen LogP contribution < -0.4 is 5.43 Å². The van der Waals surface area contributed by atoms with Crippen molar-refractivity contribution in [1.29, 1.82) is 0 Å². The summed E-state index contributed by atoms with van der Waals surface area (Å²) in [7, 11) is 0. The molecule has 4 nitrogen and oxygen atoms in total. The molecule has 1 amide bonds. The maximum atomic E-state index is 10.2. The van der Waals surface area contributed by atoms with Gasteiger partial charge in [-0.15, -0.1) is 0 Å². The number of nitrogens with zero attached hydrogens (tertiary/aromatic N) is 1. The minimum Gasteiger partial charge on any atom is -0.464 e. The van der Waals surface area contributed by atoms with Crippen molar-refractivity contribution in [3.63, 3.8) is 0 Å². The number of hydrogen-bond acceptors (Lipinski definition) is 2. The van der Waals surface area contributed by atoms with Crippen LogP contribution in [-0.2, 0) is 0 Å². The Morgan fingerprint density at radius 3 is 2.57 bits per heavy atom. The van der Waals surface area contributed by atoms with E-state index < -0.39 is 6.09 Å². The molecule has 0 saturated heterocycles. The van der Waals surface area contributed by atoms with Crippen molar-refractivity contribution in [2.24, 2.45) is 5.10 Å². The minimum atomic E-state index is -1.15. The molecule has 1 rings (SSSR count). The normalized spacial score (nSPS) is 11.1. The number of hydrogen-bond donors (Lipinski definition) is 2. The number of carboxylic acid groups (broad SMARTS) is 1. The quantitative estimate of drug-likeness (QED) is 0.568. The van der Waals surface area contributed by atoms with Gasteiger partial charge in [-0.25, -0.2) is 10.2 Å². The molecule has 0 aromatic heterocycles. The number of benzene rings is 1. The molecule has 14 heavy (non-hydrogen) atoms. The van der Waals surface area contributed by atoms with E-state index in [2.05, 4.69) is 5.10 Å². The summed E-state index contributed by atoms with van der Waals surface area (Å²) >= 11 is 0. The van der Waals surface area contributed by atoms with E-state index in [0.717, 1.165) is 11.3 Å². The van der Waals surface area contributed by atoms with E-state index in [1.807, 2.05) is 42.7 Å². The average Bonchev–Trinajstić information content (AvgIpc) is 2.20. The fraction of sp³-hybridized carbons (Fsp3) is 0.200. The zero-order valence-electron chi connectivity index (χ0n) is 7.90. The van der Waals surface area contributed by atoms with Crippen molar-refractivity contribution in [3.05, 3.63) is 35.9 Å². The van der Waals surface area contributed by atoms with Gasteiger partial charge >= 0.3 is 6.09 Å². The fourth-order valence-electron chi connectivity index (χ4n) is 1.09. The van der Waals surface area contributed by atoms with E-state index in [0.29, 0.717) is 6.42 Å². The first-order valence-electron chi connectivity index (χ1n) is 4.35. The Kier molecular flexibility index (Phi) is 3.67. The lowest BCUT2D eigenvalue weighted by Gasteiger charge is -2.02. The van der Waals surface area contributed by atoms with Gasteiger partial charge in [0.1, 0.15) is 0 Å². The third-order valence-electron chi connectivity index (χ3n) is 1.73. The topological polar surface area (TPSA) is 61.7 Å². The molecule has 0 atom stereocenters. The monoisotopic (exact) mass is 192 g/mol. The minimum absolute atomic E-state index is 0.685. The van der Waals surface area contributed by atoms with Crippen LogP contribution in [0.25, 0.3) is 0 Å². The first kappa shape index (κ1) is 10.2. The number of hydrazone groups is 1. The van der Waals surface area contributed by atoms with Crippen LogP contribution in [0.15, 0.2) is 35.4 Å². The summed E-state index contributed by atoms with van der Waals surface area (Å²) in [5.41, 5.74) is 3.66. The summed E-state index contributed by atoms with van der Waals surface area (Å²) in [4.78, 5) is 10.2. The number of amides is 1. The van der Waals surface area contributed by atoms with Crippen LogP contribution in [0, 0.1) is 0 Å². The molecule has 0 aliphatic heterocycles. The molecule has 0 fully saturated rings. The molecule has 0 bridgehead atoms. The first-order chi connectivity index (χ1) is 6.74. The third-order valence-corrected chi connectivity index (χ3v) is 1.73. The van der Waals surface area contributed by atoms with Crippen LogP contribution in [0.4, 0.5) is 4.79 Å². The Hall–Kier alpha value is -1.84. The average molecular weight is 192 g/mol. The third kappa shape index (κ3) is 2.90. The Morgan fingerprint density at radius 1 is 1.43 bits per heavy atom. The molecule has 0 heterocycles. The molecule has 0 spiro atoms. The van der Waals surface area contributed by atoms with Gasteiger partial charge < -0.3 is 5.11 Å². The highest BCUT2D eigenvalue weighted by atomic mass is 16.4. The van der Waals surface area contributed by atoms with Crippen molar-refractivity contribution < 1.29 is 9.90 Å². The Balaban J connectivity index is 2.82. The molecule has 1 aromatic carbocycles. The predicted molar refractivity (Wildman–Crippen MR) is 54.4 cm³/mol. The molecule has 0 aliphatic carbocycles. The second-order valence-electron chi connectivity index (χ2n) is 2.70. The van der Waals surface area contributed by atoms with Gasteiger partial charge in [-0.3, -0.25) is 0 Å². The fourth-order valence-corrected chi connectivity index (χ4v) is 1.09. The van der Waals surface area contributed by atoms with Gasteiger partial charge in [0, 0.05) is 0 Å². The molecule has 0 unspecified atom stereocenters. The molecular formula is C10H12N2O2. The molecule has 0 radical (unpaired) electrons. The molecule has 1 aromatic rings. The van der Waals surface area contributed by atoms with Crippen molar-refractivity contribution in [1.82, 2.24) is 5.43 Å². The first-order valence-corrected chi connectivity index (χ1v) is 4.35. The second kappa shape index (κ2) is 5.01. The van der Waals surface area contributed by atoms with Crippen LogP contribution in [0.2, 0.25) is 0 Å². The molecule has 2 N–H and O–H groups in total. The van der Waals surface area contributed by atoms with Crippen LogP contribution in [0.1, 0.15) is 18.9 Å². The van der Waals surface area contributed by atoms with E-state index in [-0.39, 0.29) is 0 Å². The lowest BCUT2D eigenvalue weighted by Crippen LogP contribution is -2.16. The Bertz CT molecular complexity index is 333. The zero-order chi connectivity index (χ0) is 10.4. The predicted octanol–water partition coefficient (Wildman–Crippen LogP) is 2.07. The molecule has 74 valence electrons. The maximum absolute atomic E-state index is 10.2. The van der Waals surface area contributed by atoms with E-state index in [1.54, 1.807) is 0 Å². The van der Waals surface area contributed by atoms with Crippen molar-refractivity contribution in [2.75, 3.05) is 0 Å². The van der Waals surface area contributed by atoms with Gasteiger partial charge in [0.25, 0.3) is 0 Å². The SMILES string of the molecule is CCC(=NNC(=O)O)c1ccccc1. The van der Waals surface area contributed by atoms with Crippen molar-refractivity contribution >= 4 is 11.8 Å².